The van der Waals surface area contributed by atoms with Gasteiger partial charge in [0.15, 0.2) is 0 Å². The molecule has 43 heavy (non-hydrogen) atoms. The van der Waals surface area contributed by atoms with Crippen molar-refractivity contribution >= 4 is 38.0 Å². The molecule has 0 radical (unpaired) electrons. The van der Waals surface area contributed by atoms with E-state index in [9.17, 15) is 9.90 Å². The quantitative estimate of drug-likeness (QED) is 0.146. The Labute approximate surface area is 255 Å². The molecule has 0 amide bonds. The normalized spacial score (nSPS) is 15.1. The second-order valence-electron chi connectivity index (χ2n) is 10.9. The molecular formula is C33H38N4O5S. The Morgan fingerprint density at radius 2 is 1.88 bits per heavy atom. The number of aliphatic hydroxyl groups is 1. The Bertz CT molecular complexity index is 1680. The van der Waals surface area contributed by atoms with Crippen LogP contribution in [0.3, 0.4) is 0 Å². The number of piperazine rings is 1. The molecule has 1 aliphatic rings. The Morgan fingerprint density at radius 1 is 1.02 bits per heavy atom. The molecule has 0 spiro atoms. The van der Waals surface area contributed by atoms with Crippen LogP contribution in [0.25, 0.3) is 21.0 Å². The van der Waals surface area contributed by atoms with Crippen molar-refractivity contribution in [3.8, 4) is 5.75 Å². The Kier molecular flexibility index (Phi) is 9.40. The highest BCUT2D eigenvalue weighted by atomic mass is 32.1. The van der Waals surface area contributed by atoms with Gasteiger partial charge in [-0.15, -0.1) is 11.3 Å². The highest BCUT2D eigenvalue weighted by molar-refractivity contribution is 7.17. The van der Waals surface area contributed by atoms with Crippen molar-refractivity contribution in [2.45, 2.75) is 32.5 Å². The lowest BCUT2D eigenvalue weighted by Gasteiger charge is -2.36. The number of unbranched alkanes of at least 4 members (excludes halogenated alkanes) is 1. The van der Waals surface area contributed by atoms with Crippen LogP contribution >= 0.6 is 11.3 Å². The summed E-state index contributed by atoms with van der Waals surface area (Å²) >= 11 is 1.80. The van der Waals surface area contributed by atoms with Crippen LogP contribution in [0.4, 0.5) is 5.69 Å². The van der Waals surface area contributed by atoms with E-state index in [1.165, 1.54) is 26.4 Å². The first-order valence-electron chi connectivity index (χ1n) is 14.8. The Balaban J connectivity index is 0.965. The number of furan rings is 1. The fourth-order valence-corrected chi connectivity index (χ4v) is 6.39. The zero-order chi connectivity index (χ0) is 29.6. The van der Waals surface area contributed by atoms with E-state index in [2.05, 4.69) is 39.4 Å². The van der Waals surface area contributed by atoms with Crippen molar-refractivity contribution in [3.05, 3.63) is 94.5 Å². The predicted molar refractivity (Wildman–Crippen MR) is 171 cm³/mol. The SMILES string of the molecule is CN(Cc1ccco1)C(O)OCn1c(=O)ccc2ccc(OCCCCN3CCN(c4cccc5sccc45)CC3)cc21. The van der Waals surface area contributed by atoms with E-state index in [4.69, 9.17) is 13.9 Å². The summed E-state index contributed by atoms with van der Waals surface area (Å²) in [4.78, 5) is 19.3. The van der Waals surface area contributed by atoms with Crippen LogP contribution in [-0.2, 0) is 18.0 Å². The standard InChI is InChI=1S/C33H38N4O5S/c1-34(23-27-6-5-20-41-27)33(39)42-24-37-30-22-26(11-9-25(30)10-12-32(37)38)40-19-3-2-14-35-15-17-36(18-16-35)29-7-4-8-31-28(29)13-21-43-31/h4-13,20-22,33,39H,2-3,14-19,23-24H2,1H3. The fourth-order valence-electron chi connectivity index (χ4n) is 5.58. The molecule has 3 aromatic heterocycles. The van der Waals surface area contributed by atoms with Gasteiger partial charge < -0.3 is 23.9 Å². The van der Waals surface area contributed by atoms with Crippen LogP contribution in [0.1, 0.15) is 18.6 Å². The minimum absolute atomic E-state index is 0.0983. The summed E-state index contributed by atoms with van der Waals surface area (Å²) in [6, 6.07) is 21.5. The fraction of sp³-hybridized carbons (Fsp3) is 0.364. The van der Waals surface area contributed by atoms with E-state index in [-0.39, 0.29) is 12.3 Å². The average molecular weight is 603 g/mol. The van der Waals surface area contributed by atoms with Gasteiger partial charge in [0.25, 0.3) is 5.56 Å². The maximum absolute atomic E-state index is 12.7. The summed E-state index contributed by atoms with van der Waals surface area (Å²) in [5.41, 5.74) is 1.84. The van der Waals surface area contributed by atoms with E-state index in [0.717, 1.165) is 51.0 Å². The van der Waals surface area contributed by atoms with Gasteiger partial charge in [-0.1, -0.05) is 6.07 Å². The Hall–Kier alpha value is -3.67. The number of pyridine rings is 1. The van der Waals surface area contributed by atoms with Gasteiger partial charge in [0, 0.05) is 54.1 Å². The van der Waals surface area contributed by atoms with E-state index in [1.807, 2.05) is 24.3 Å². The molecule has 1 aliphatic heterocycles. The van der Waals surface area contributed by atoms with Gasteiger partial charge >= 0.3 is 0 Å². The van der Waals surface area contributed by atoms with Crippen molar-refractivity contribution in [1.29, 1.82) is 0 Å². The van der Waals surface area contributed by atoms with Crippen LogP contribution in [0.5, 0.6) is 5.75 Å². The second-order valence-corrected chi connectivity index (χ2v) is 11.9. The van der Waals surface area contributed by atoms with E-state index < -0.39 is 6.41 Å². The van der Waals surface area contributed by atoms with Gasteiger partial charge in [0.05, 0.1) is 24.9 Å². The van der Waals surface area contributed by atoms with Crippen molar-refractivity contribution < 1.29 is 19.0 Å². The van der Waals surface area contributed by atoms with Crippen molar-refractivity contribution in [2.24, 2.45) is 0 Å². The van der Waals surface area contributed by atoms with Crippen LogP contribution in [0.2, 0.25) is 0 Å². The molecule has 1 saturated heterocycles. The topological polar surface area (TPSA) is 83.5 Å². The summed E-state index contributed by atoms with van der Waals surface area (Å²) in [6.45, 7) is 6.17. The van der Waals surface area contributed by atoms with E-state index >= 15 is 0 Å². The highest BCUT2D eigenvalue weighted by Gasteiger charge is 2.19. The lowest BCUT2D eigenvalue weighted by molar-refractivity contribution is -0.207. The third-order valence-corrected chi connectivity index (χ3v) is 8.88. The maximum atomic E-state index is 12.7. The first kappa shape index (κ1) is 29.4. The molecule has 0 bridgehead atoms. The molecule has 226 valence electrons. The number of aromatic nitrogens is 1. The van der Waals surface area contributed by atoms with Gasteiger partial charge in [-0.3, -0.25) is 19.2 Å². The van der Waals surface area contributed by atoms with Crippen molar-refractivity contribution in [2.75, 3.05) is 51.3 Å². The number of thiophene rings is 1. The van der Waals surface area contributed by atoms with Gasteiger partial charge in [-0.2, -0.15) is 0 Å². The summed E-state index contributed by atoms with van der Waals surface area (Å²) in [5, 5.41) is 14.9. The van der Waals surface area contributed by atoms with Gasteiger partial charge in [-0.25, -0.2) is 0 Å². The van der Waals surface area contributed by atoms with Gasteiger partial charge in [-0.05, 0) is 85.7 Å². The average Bonchev–Trinajstić information content (AvgIpc) is 3.73. The first-order valence-corrected chi connectivity index (χ1v) is 15.7. The largest absolute Gasteiger partial charge is 0.494 e. The number of fused-ring (bicyclic) bond motifs is 2. The zero-order valence-corrected chi connectivity index (χ0v) is 25.2. The third kappa shape index (κ3) is 7.11. The molecule has 1 N–H and O–H groups in total. The van der Waals surface area contributed by atoms with Crippen LogP contribution in [-0.4, -0.2) is 72.3 Å². The molecule has 5 aromatic rings. The molecule has 6 rings (SSSR count). The Morgan fingerprint density at radius 3 is 2.72 bits per heavy atom. The van der Waals surface area contributed by atoms with Crippen LogP contribution in [0, 0.1) is 0 Å². The minimum atomic E-state index is -1.20. The molecule has 9 nitrogen and oxygen atoms in total. The summed E-state index contributed by atoms with van der Waals surface area (Å²) in [7, 11) is 1.72. The summed E-state index contributed by atoms with van der Waals surface area (Å²) in [5.74, 6) is 1.42. The summed E-state index contributed by atoms with van der Waals surface area (Å²) in [6.07, 6.45) is 2.40. The number of ether oxygens (including phenoxy) is 2. The minimum Gasteiger partial charge on any atom is -0.494 e. The molecule has 1 fully saturated rings. The highest BCUT2D eigenvalue weighted by Crippen LogP contribution is 2.31. The van der Waals surface area contributed by atoms with Crippen LogP contribution in [0.15, 0.2) is 87.6 Å². The van der Waals surface area contributed by atoms with E-state index in [1.54, 1.807) is 41.7 Å². The number of anilines is 1. The second kappa shape index (κ2) is 13.7. The number of hydrogen-bond acceptors (Lipinski definition) is 9. The van der Waals surface area contributed by atoms with Crippen molar-refractivity contribution in [3.63, 3.8) is 0 Å². The molecule has 4 heterocycles. The molecule has 1 unspecified atom stereocenters. The van der Waals surface area contributed by atoms with Gasteiger partial charge in [0.2, 0.25) is 6.41 Å². The lowest BCUT2D eigenvalue weighted by atomic mass is 10.2. The molecule has 10 heteroatoms. The van der Waals surface area contributed by atoms with Gasteiger partial charge in [0.1, 0.15) is 18.2 Å². The molecule has 0 saturated carbocycles. The van der Waals surface area contributed by atoms with E-state index in [0.29, 0.717) is 30.2 Å². The number of rotatable bonds is 13. The molecule has 2 aromatic carbocycles. The maximum Gasteiger partial charge on any atom is 0.252 e. The zero-order valence-electron chi connectivity index (χ0n) is 24.4. The number of benzene rings is 2. The number of aliphatic hydroxyl groups excluding tert-OH is 1. The summed E-state index contributed by atoms with van der Waals surface area (Å²) < 4.78 is 19.9. The molecular weight excluding hydrogens is 564 g/mol. The molecule has 0 aliphatic carbocycles. The predicted octanol–water partition coefficient (Wildman–Crippen LogP) is 5.17. The van der Waals surface area contributed by atoms with Crippen LogP contribution < -0.4 is 15.2 Å². The third-order valence-electron chi connectivity index (χ3n) is 8.00. The van der Waals surface area contributed by atoms with Crippen molar-refractivity contribution in [1.82, 2.24) is 14.4 Å². The lowest BCUT2D eigenvalue weighted by Crippen LogP contribution is -2.46. The molecule has 1 atom stereocenters. The monoisotopic (exact) mass is 602 g/mol. The smallest absolute Gasteiger partial charge is 0.252 e. The number of nitrogens with zero attached hydrogens (tertiary/aromatic N) is 4. The number of hydrogen-bond donors (Lipinski definition) is 1. The first-order chi connectivity index (χ1) is 21.0.